The standard InChI is InChI=1S/C28H44N4O3/c29-28(13-4-5-14-28)27(34)31-25(20-23-6-2-1-3-7-23)26(33)30-21-24-9-16-32(17-10-24)15-8-22-11-18-35-19-12-22/h1-3,6-7,22,24-25H,4-5,8-21,29H2,(H,30,33)(H,31,34)/t25-/m1/s1. The predicted molar refractivity (Wildman–Crippen MR) is 138 cm³/mol. The lowest BCUT2D eigenvalue weighted by molar-refractivity contribution is -0.132. The molecule has 1 atom stereocenters. The van der Waals surface area contributed by atoms with E-state index in [9.17, 15) is 9.59 Å². The van der Waals surface area contributed by atoms with E-state index >= 15 is 0 Å². The molecule has 0 aromatic heterocycles. The molecule has 7 nitrogen and oxygen atoms in total. The molecule has 1 aromatic rings. The molecule has 3 aliphatic rings. The molecular weight excluding hydrogens is 440 g/mol. The third kappa shape index (κ3) is 7.76. The molecule has 35 heavy (non-hydrogen) atoms. The Bertz CT molecular complexity index is 798. The zero-order valence-corrected chi connectivity index (χ0v) is 21.2. The topological polar surface area (TPSA) is 96.7 Å². The summed E-state index contributed by atoms with van der Waals surface area (Å²) in [7, 11) is 0. The highest BCUT2D eigenvalue weighted by Crippen LogP contribution is 2.27. The molecule has 2 heterocycles. The summed E-state index contributed by atoms with van der Waals surface area (Å²) in [5.74, 6) is 1.01. The number of nitrogens with two attached hydrogens (primary N) is 1. The molecule has 2 saturated heterocycles. The lowest BCUT2D eigenvalue weighted by atomic mass is 9.93. The van der Waals surface area contributed by atoms with Crippen LogP contribution < -0.4 is 16.4 Å². The van der Waals surface area contributed by atoms with Crippen LogP contribution in [0.1, 0.15) is 63.4 Å². The fraction of sp³-hybridized carbons (Fsp3) is 0.714. The van der Waals surface area contributed by atoms with Gasteiger partial charge in [-0.25, -0.2) is 0 Å². The Morgan fingerprint density at radius 2 is 1.71 bits per heavy atom. The van der Waals surface area contributed by atoms with Gasteiger partial charge in [0.15, 0.2) is 0 Å². The largest absolute Gasteiger partial charge is 0.381 e. The molecule has 194 valence electrons. The Hall–Kier alpha value is -1.96. The molecule has 1 saturated carbocycles. The van der Waals surface area contributed by atoms with Crippen LogP contribution in [-0.4, -0.2) is 67.7 Å². The van der Waals surface area contributed by atoms with Gasteiger partial charge in [-0.05, 0) is 82.0 Å². The molecule has 0 spiro atoms. The minimum Gasteiger partial charge on any atom is -0.381 e. The number of nitrogens with one attached hydrogen (secondary N) is 2. The number of hydrogen-bond acceptors (Lipinski definition) is 5. The molecule has 0 radical (unpaired) electrons. The molecule has 0 unspecified atom stereocenters. The minimum atomic E-state index is -0.841. The summed E-state index contributed by atoms with van der Waals surface area (Å²) in [6, 6.07) is 9.27. The van der Waals surface area contributed by atoms with E-state index < -0.39 is 11.6 Å². The second kappa shape index (κ2) is 12.8. The first kappa shape index (κ1) is 26.1. The van der Waals surface area contributed by atoms with Crippen LogP contribution in [0.5, 0.6) is 0 Å². The highest BCUT2D eigenvalue weighted by atomic mass is 16.5. The Kier molecular flexibility index (Phi) is 9.58. The number of benzene rings is 1. The van der Waals surface area contributed by atoms with E-state index in [2.05, 4.69) is 15.5 Å². The van der Waals surface area contributed by atoms with E-state index in [4.69, 9.17) is 10.5 Å². The second-order valence-electron chi connectivity index (χ2n) is 11.0. The summed E-state index contributed by atoms with van der Waals surface area (Å²) < 4.78 is 5.48. The van der Waals surface area contributed by atoms with Crippen LogP contribution in [0.2, 0.25) is 0 Å². The number of rotatable bonds is 10. The van der Waals surface area contributed by atoms with E-state index in [-0.39, 0.29) is 11.8 Å². The van der Waals surface area contributed by atoms with Gasteiger partial charge in [-0.2, -0.15) is 0 Å². The first-order valence-electron chi connectivity index (χ1n) is 13.7. The van der Waals surface area contributed by atoms with Crippen LogP contribution in [0, 0.1) is 11.8 Å². The zero-order chi connectivity index (χ0) is 24.5. The van der Waals surface area contributed by atoms with Crippen molar-refractivity contribution in [2.24, 2.45) is 17.6 Å². The molecule has 1 aliphatic carbocycles. The van der Waals surface area contributed by atoms with Crippen LogP contribution in [0.25, 0.3) is 0 Å². The van der Waals surface area contributed by atoms with Crippen LogP contribution in [0.15, 0.2) is 30.3 Å². The van der Waals surface area contributed by atoms with E-state index in [1.54, 1.807) is 0 Å². The lowest BCUT2D eigenvalue weighted by Gasteiger charge is -2.33. The van der Waals surface area contributed by atoms with E-state index in [0.29, 0.717) is 31.7 Å². The van der Waals surface area contributed by atoms with Crippen LogP contribution in [0.4, 0.5) is 0 Å². The summed E-state index contributed by atoms with van der Waals surface area (Å²) in [4.78, 5) is 28.7. The number of ether oxygens (including phenoxy) is 1. The fourth-order valence-corrected chi connectivity index (χ4v) is 5.78. The Balaban J connectivity index is 1.23. The summed E-state index contributed by atoms with van der Waals surface area (Å²) in [5, 5.41) is 6.15. The van der Waals surface area contributed by atoms with Crippen LogP contribution >= 0.6 is 0 Å². The summed E-state index contributed by atoms with van der Waals surface area (Å²) in [6.45, 7) is 5.89. The van der Waals surface area contributed by atoms with Crippen LogP contribution in [-0.2, 0) is 20.7 Å². The molecule has 2 aliphatic heterocycles. The summed E-state index contributed by atoms with van der Waals surface area (Å²) in [5.41, 5.74) is 6.56. The Labute approximate surface area is 210 Å². The third-order valence-electron chi connectivity index (χ3n) is 8.32. The summed E-state index contributed by atoms with van der Waals surface area (Å²) in [6.07, 6.45) is 9.67. The van der Waals surface area contributed by atoms with Gasteiger partial charge in [0.05, 0.1) is 5.54 Å². The van der Waals surface area contributed by atoms with Crippen molar-refractivity contribution in [2.75, 3.05) is 39.4 Å². The average Bonchev–Trinajstić information content (AvgIpc) is 3.35. The second-order valence-corrected chi connectivity index (χ2v) is 11.0. The van der Waals surface area contributed by atoms with E-state index in [1.165, 1.54) is 25.8 Å². The lowest BCUT2D eigenvalue weighted by Crippen LogP contribution is -2.58. The number of hydrogen-bond donors (Lipinski definition) is 3. The predicted octanol–water partition coefficient (Wildman–Crippen LogP) is 2.63. The molecule has 2 amide bonds. The van der Waals surface area contributed by atoms with Gasteiger partial charge in [-0.15, -0.1) is 0 Å². The Morgan fingerprint density at radius 1 is 1.03 bits per heavy atom. The van der Waals surface area contributed by atoms with Gasteiger partial charge < -0.3 is 26.0 Å². The summed E-state index contributed by atoms with van der Waals surface area (Å²) >= 11 is 0. The molecule has 7 heteroatoms. The van der Waals surface area contributed by atoms with Gasteiger partial charge in [0.2, 0.25) is 11.8 Å². The number of carbonyl (C=O) groups excluding carboxylic acids is 2. The normalized spacial score (nSPS) is 22.5. The molecular formula is C28H44N4O3. The molecule has 4 N–H and O–H groups in total. The van der Waals surface area contributed by atoms with E-state index in [0.717, 1.165) is 63.5 Å². The van der Waals surface area contributed by atoms with Crippen molar-refractivity contribution in [3.8, 4) is 0 Å². The molecule has 3 fully saturated rings. The smallest absolute Gasteiger partial charge is 0.242 e. The number of amides is 2. The number of likely N-dealkylation sites (tertiary alicyclic amines) is 1. The van der Waals surface area contributed by atoms with Crippen molar-refractivity contribution < 1.29 is 14.3 Å². The van der Waals surface area contributed by atoms with Crippen molar-refractivity contribution in [1.29, 1.82) is 0 Å². The number of carbonyl (C=O) groups is 2. The highest BCUT2D eigenvalue weighted by molar-refractivity contribution is 5.92. The monoisotopic (exact) mass is 484 g/mol. The highest BCUT2D eigenvalue weighted by Gasteiger charge is 2.38. The van der Waals surface area contributed by atoms with Crippen LogP contribution in [0.3, 0.4) is 0 Å². The fourth-order valence-electron chi connectivity index (χ4n) is 5.78. The zero-order valence-electron chi connectivity index (χ0n) is 21.2. The van der Waals surface area contributed by atoms with Gasteiger partial charge in [0.1, 0.15) is 6.04 Å². The maximum absolute atomic E-state index is 13.2. The maximum atomic E-state index is 13.2. The van der Waals surface area contributed by atoms with Gasteiger partial charge in [-0.3, -0.25) is 9.59 Å². The molecule has 1 aromatic carbocycles. The molecule has 0 bridgehead atoms. The van der Waals surface area contributed by atoms with Crippen molar-refractivity contribution in [1.82, 2.24) is 15.5 Å². The van der Waals surface area contributed by atoms with Crippen molar-refractivity contribution >= 4 is 11.8 Å². The van der Waals surface area contributed by atoms with Gasteiger partial charge in [0.25, 0.3) is 0 Å². The number of piperidine rings is 1. The quantitative estimate of drug-likeness (QED) is 0.474. The number of nitrogens with zero attached hydrogens (tertiary/aromatic N) is 1. The Morgan fingerprint density at radius 3 is 2.40 bits per heavy atom. The van der Waals surface area contributed by atoms with Gasteiger partial charge in [-0.1, -0.05) is 43.2 Å². The van der Waals surface area contributed by atoms with Crippen molar-refractivity contribution in [2.45, 2.75) is 75.8 Å². The van der Waals surface area contributed by atoms with Crippen molar-refractivity contribution in [3.05, 3.63) is 35.9 Å². The van der Waals surface area contributed by atoms with Gasteiger partial charge in [0, 0.05) is 26.2 Å². The third-order valence-corrected chi connectivity index (χ3v) is 8.32. The first-order valence-corrected chi connectivity index (χ1v) is 13.7. The SMILES string of the molecule is NC1(C(=O)N[C@H](Cc2ccccc2)C(=O)NCC2CCN(CCC3CCOCC3)CC2)CCCC1. The van der Waals surface area contributed by atoms with Gasteiger partial charge >= 0.3 is 0 Å². The maximum Gasteiger partial charge on any atom is 0.242 e. The minimum absolute atomic E-state index is 0.106. The average molecular weight is 485 g/mol. The molecule has 4 rings (SSSR count). The van der Waals surface area contributed by atoms with E-state index in [1.807, 2.05) is 30.3 Å². The first-order chi connectivity index (χ1) is 17.0. The van der Waals surface area contributed by atoms with Crippen molar-refractivity contribution in [3.63, 3.8) is 0 Å².